The van der Waals surface area contributed by atoms with E-state index < -0.39 is 0 Å². The van der Waals surface area contributed by atoms with E-state index in [1.807, 2.05) is 0 Å². The maximum atomic E-state index is 6.57. The fraction of sp³-hybridized carbons (Fsp3) is 0.296. The Morgan fingerprint density at radius 1 is 0.321 bits per heavy atom. The summed E-state index contributed by atoms with van der Waals surface area (Å²) >= 11 is 0. The molecule has 0 amide bonds. The zero-order chi connectivity index (χ0) is 37.8. The van der Waals surface area contributed by atoms with Gasteiger partial charge in [0.15, 0.2) is 0 Å². The Balaban J connectivity index is 0.994. The molecule has 0 fully saturated rings. The van der Waals surface area contributed by atoms with E-state index in [0.29, 0.717) is 0 Å². The molecule has 2 heteroatoms. The summed E-state index contributed by atoms with van der Waals surface area (Å²) in [6.07, 6.45) is 18.2. The van der Waals surface area contributed by atoms with Crippen LogP contribution >= 0.6 is 0 Å². The summed E-state index contributed by atoms with van der Waals surface area (Å²) in [6.45, 7) is 4.56. The molecule has 9 aromatic rings. The van der Waals surface area contributed by atoms with Crippen molar-refractivity contribution in [2.75, 3.05) is 0 Å². The highest BCUT2D eigenvalue weighted by atomic mass is 16.3. The first-order valence-corrected chi connectivity index (χ1v) is 21.5. The number of furan rings is 2. The molecular weight excluding hydrogens is 681 g/mol. The van der Waals surface area contributed by atoms with Gasteiger partial charge in [-0.2, -0.15) is 0 Å². The third kappa shape index (κ3) is 7.59. The summed E-state index contributed by atoms with van der Waals surface area (Å²) in [7, 11) is 0. The number of benzene rings is 7. The topological polar surface area (TPSA) is 26.3 Å². The van der Waals surface area contributed by atoms with Gasteiger partial charge in [0.25, 0.3) is 0 Å². The van der Waals surface area contributed by atoms with Crippen molar-refractivity contribution in [2.45, 2.75) is 104 Å². The van der Waals surface area contributed by atoms with Crippen LogP contribution in [0, 0.1) is 0 Å². The van der Waals surface area contributed by atoms with Crippen LogP contribution in [0.25, 0.3) is 87.7 Å². The average molecular weight is 735 g/mol. The lowest BCUT2D eigenvalue weighted by atomic mass is 9.96. The Bertz CT molecular complexity index is 2600. The monoisotopic (exact) mass is 734 g/mol. The first-order chi connectivity index (χ1) is 27.6. The van der Waals surface area contributed by atoms with Crippen LogP contribution in [0.3, 0.4) is 0 Å². The van der Waals surface area contributed by atoms with Gasteiger partial charge in [-0.3, -0.25) is 0 Å². The second-order valence-electron chi connectivity index (χ2n) is 16.3. The van der Waals surface area contributed by atoms with Crippen molar-refractivity contribution >= 4 is 65.4 Å². The summed E-state index contributed by atoms with van der Waals surface area (Å²) in [6, 6.07) is 45.3. The molecule has 0 spiro atoms. The highest BCUT2D eigenvalue weighted by molar-refractivity contribution is 6.18. The van der Waals surface area contributed by atoms with Gasteiger partial charge in [-0.15, -0.1) is 0 Å². The Morgan fingerprint density at radius 2 is 0.714 bits per heavy atom. The minimum atomic E-state index is 0.893. The maximum Gasteiger partial charge on any atom is 0.136 e. The molecule has 2 nitrogen and oxygen atoms in total. The van der Waals surface area contributed by atoms with Crippen molar-refractivity contribution in [1.29, 1.82) is 0 Å². The summed E-state index contributed by atoms with van der Waals surface area (Å²) < 4.78 is 13.1. The number of fused-ring (bicyclic) bond motifs is 8. The predicted octanol–water partition coefficient (Wildman–Crippen LogP) is 16.9. The average Bonchev–Trinajstić information content (AvgIpc) is 3.76. The Kier molecular flexibility index (Phi) is 10.6. The molecule has 0 aliphatic heterocycles. The second kappa shape index (κ2) is 16.4. The quantitative estimate of drug-likeness (QED) is 0.0924. The van der Waals surface area contributed by atoms with Gasteiger partial charge < -0.3 is 8.83 Å². The van der Waals surface area contributed by atoms with E-state index in [4.69, 9.17) is 8.83 Å². The number of hydrogen-bond acceptors (Lipinski definition) is 2. The van der Waals surface area contributed by atoms with E-state index in [2.05, 4.69) is 135 Å². The van der Waals surface area contributed by atoms with Crippen molar-refractivity contribution in [3.8, 4) is 22.3 Å². The van der Waals surface area contributed by atoms with Crippen molar-refractivity contribution in [1.82, 2.24) is 0 Å². The van der Waals surface area contributed by atoms with Gasteiger partial charge in [0.1, 0.15) is 22.3 Å². The van der Waals surface area contributed by atoms with Crippen LogP contribution in [-0.2, 0) is 12.8 Å². The van der Waals surface area contributed by atoms with E-state index in [1.165, 1.54) is 132 Å². The van der Waals surface area contributed by atoms with Crippen molar-refractivity contribution in [3.05, 3.63) is 132 Å². The van der Waals surface area contributed by atoms with Gasteiger partial charge >= 0.3 is 0 Å². The standard InChI is InChI=1S/C54H54O2/c1-3-5-7-9-11-13-17-37-19-15-21-39(27-37)41-23-25-43-33-51-47(31-45(43)29-41)49-35-54-50(36-53(49)55-51)48-32-46-30-42(24-26-44(46)34-52(48)56-54)40-22-16-20-38(28-40)18-14-12-10-8-6-4-2/h15-16,19-36H,3-14,17-18H2,1-2H3. The van der Waals surface area contributed by atoms with Crippen molar-refractivity contribution in [3.63, 3.8) is 0 Å². The highest BCUT2D eigenvalue weighted by Crippen LogP contribution is 2.40. The molecule has 0 atom stereocenters. The molecule has 282 valence electrons. The third-order valence-corrected chi connectivity index (χ3v) is 12.1. The molecule has 0 bridgehead atoms. The lowest BCUT2D eigenvalue weighted by Gasteiger charge is -2.08. The van der Waals surface area contributed by atoms with Crippen molar-refractivity contribution < 1.29 is 8.83 Å². The number of rotatable bonds is 16. The third-order valence-electron chi connectivity index (χ3n) is 12.1. The highest BCUT2D eigenvalue weighted by Gasteiger charge is 2.16. The molecule has 56 heavy (non-hydrogen) atoms. The molecule has 0 aliphatic rings. The van der Waals surface area contributed by atoms with Gasteiger partial charge in [-0.25, -0.2) is 0 Å². The maximum absolute atomic E-state index is 6.57. The van der Waals surface area contributed by atoms with E-state index in [0.717, 1.165) is 56.7 Å². The summed E-state index contributed by atoms with van der Waals surface area (Å²) in [5.41, 5.74) is 11.5. The van der Waals surface area contributed by atoms with Crippen LogP contribution in [0.1, 0.15) is 102 Å². The fourth-order valence-electron chi connectivity index (χ4n) is 8.92. The van der Waals surface area contributed by atoms with Crippen LogP contribution in [0.5, 0.6) is 0 Å². The van der Waals surface area contributed by atoms with Crippen LogP contribution in [0.15, 0.2) is 130 Å². The molecule has 0 unspecified atom stereocenters. The summed E-state index contributed by atoms with van der Waals surface area (Å²) in [5.74, 6) is 0. The largest absolute Gasteiger partial charge is 0.456 e. The molecule has 2 heterocycles. The number of unbranched alkanes of at least 4 members (excludes halogenated alkanes) is 10. The predicted molar refractivity (Wildman–Crippen MR) is 241 cm³/mol. The van der Waals surface area contributed by atoms with Gasteiger partial charge in [0.05, 0.1) is 0 Å². The smallest absolute Gasteiger partial charge is 0.136 e. The molecule has 9 rings (SSSR count). The molecule has 0 N–H and O–H groups in total. The normalized spacial score (nSPS) is 12.0. The van der Waals surface area contributed by atoms with Gasteiger partial charge in [0.2, 0.25) is 0 Å². The first-order valence-electron chi connectivity index (χ1n) is 21.5. The summed E-state index contributed by atoms with van der Waals surface area (Å²) in [5, 5.41) is 9.24. The molecule has 0 saturated heterocycles. The minimum Gasteiger partial charge on any atom is -0.456 e. The SMILES string of the molecule is CCCCCCCCc1cccc(-c2ccc3cc4oc5cc6c(cc5c4cc3c2)oc2cc3ccc(-c4cccc(CCCCCCCC)c4)cc3cc26)c1. The summed E-state index contributed by atoms with van der Waals surface area (Å²) in [4.78, 5) is 0. The Labute approximate surface area is 331 Å². The molecule has 0 saturated carbocycles. The number of hydrogen-bond donors (Lipinski definition) is 0. The van der Waals surface area contributed by atoms with Crippen LogP contribution < -0.4 is 0 Å². The minimum absolute atomic E-state index is 0.893. The zero-order valence-electron chi connectivity index (χ0n) is 33.3. The van der Waals surface area contributed by atoms with Crippen LogP contribution in [0.4, 0.5) is 0 Å². The molecule has 7 aromatic carbocycles. The lowest BCUT2D eigenvalue weighted by Crippen LogP contribution is -1.88. The van der Waals surface area contributed by atoms with E-state index in [-0.39, 0.29) is 0 Å². The van der Waals surface area contributed by atoms with Crippen LogP contribution in [-0.4, -0.2) is 0 Å². The van der Waals surface area contributed by atoms with Crippen molar-refractivity contribution in [2.24, 2.45) is 0 Å². The lowest BCUT2D eigenvalue weighted by molar-refractivity contribution is 0.607. The second-order valence-corrected chi connectivity index (χ2v) is 16.3. The van der Waals surface area contributed by atoms with Gasteiger partial charge in [-0.1, -0.05) is 151 Å². The first kappa shape index (κ1) is 36.3. The van der Waals surface area contributed by atoms with Crippen LogP contribution in [0.2, 0.25) is 0 Å². The van der Waals surface area contributed by atoms with E-state index in [9.17, 15) is 0 Å². The Hall–Kier alpha value is -5.34. The fourth-order valence-corrected chi connectivity index (χ4v) is 8.92. The van der Waals surface area contributed by atoms with Gasteiger partial charge in [-0.05, 0) is 129 Å². The van der Waals surface area contributed by atoms with Gasteiger partial charge in [0, 0.05) is 21.5 Å². The Morgan fingerprint density at radius 3 is 1.18 bits per heavy atom. The molecule has 0 radical (unpaired) electrons. The van der Waals surface area contributed by atoms with E-state index in [1.54, 1.807) is 0 Å². The molecule has 0 aliphatic carbocycles. The molecule has 2 aromatic heterocycles. The number of aryl methyl sites for hydroxylation is 2. The van der Waals surface area contributed by atoms with E-state index >= 15 is 0 Å². The molecular formula is C54H54O2. The zero-order valence-corrected chi connectivity index (χ0v) is 33.3.